The van der Waals surface area contributed by atoms with Gasteiger partial charge in [0.15, 0.2) is 0 Å². The molecule has 4 nitrogen and oxygen atoms in total. The Hall–Kier alpha value is -2.10. The summed E-state index contributed by atoms with van der Waals surface area (Å²) in [4.78, 5) is 26.2. The van der Waals surface area contributed by atoms with E-state index in [-0.39, 0.29) is 11.5 Å². The van der Waals surface area contributed by atoms with Crippen LogP contribution in [0.1, 0.15) is 23.2 Å². The molecule has 3 rings (SSSR count). The van der Waals surface area contributed by atoms with Crippen LogP contribution < -0.4 is 10.9 Å². The number of carbonyl (C=O) groups excluding carboxylic acids is 1. The Labute approximate surface area is 97.7 Å². The van der Waals surface area contributed by atoms with Crippen LogP contribution in [0.3, 0.4) is 0 Å². The van der Waals surface area contributed by atoms with Crippen molar-refractivity contribution in [2.75, 3.05) is 0 Å². The predicted octanol–water partition coefficient (Wildman–Crippen LogP) is 1.42. The van der Waals surface area contributed by atoms with Crippen molar-refractivity contribution in [1.82, 2.24) is 10.3 Å². The average Bonchev–Trinajstić information content (AvgIpc) is 3.14. The van der Waals surface area contributed by atoms with Gasteiger partial charge in [0.05, 0.1) is 5.56 Å². The number of aromatic amines is 1. The molecule has 1 aliphatic rings. The van der Waals surface area contributed by atoms with Crippen molar-refractivity contribution in [3.63, 3.8) is 0 Å². The van der Waals surface area contributed by atoms with Crippen molar-refractivity contribution in [2.45, 2.75) is 18.9 Å². The van der Waals surface area contributed by atoms with E-state index in [1.807, 2.05) is 6.07 Å². The third kappa shape index (κ3) is 1.82. The minimum Gasteiger partial charge on any atom is -0.349 e. The van der Waals surface area contributed by atoms with E-state index in [2.05, 4.69) is 10.3 Å². The highest BCUT2D eigenvalue weighted by atomic mass is 16.2. The van der Waals surface area contributed by atoms with Crippen molar-refractivity contribution < 1.29 is 4.79 Å². The Morgan fingerprint density at radius 1 is 1.24 bits per heavy atom. The number of nitrogens with one attached hydrogen (secondary N) is 2. The first-order valence-electron chi connectivity index (χ1n) is 5.67. The zero-order chi connectivity index (χ0) is 11.8. The lowest BCUT2D eigenvalue weighted by Gasteiger charge is -2.06. The van der Waals surface area contributed by atoms with E-state index in [0.717, 1.165) is 12.8 Å². The van der Waals surface area contributed by atoms with Crippen LogP contribution >= 0.6 is 0 Å². The maximum atomic E-state index is 12.0. The number of carbonyl (C=O) groups is 1. The third-order valence-electron chi connectivity index (χ3n) is 2.97. The van der Waals surface area contributed by atoms with Gasteiger partial charge in [-0.15, -0.1) is 0 Å². The molecule has 2 aromatic rings. The number of hydrogen-bond acceptors (Lipinski definition) is 2. The van der Waals surface area contributed by atoms with Gasteiger partial charge in [0, 0.05) is 23.0 Å². The Balaban J connectivity index is 2.12. The zero-order valence-electron chi connectivity index (χ0n) is 9.19. The van der Waals surface area contributed by atoms with Crippen LogP contribution in [0.15, 0.2) is 35.3 Å². The van der Waals surface area contributed by atoms with Crippen molar-refractivity contribution in [2.24, 2.45) is 0 Å². The molecule has 2 N–H and O–H groups in total. The van der Waals surface area contributed by atoms with Gasteiger partial charge in [-0.25, -0.2) is 0 Å². The molecule has 0 aliphatic heterocycles. The number of aromatic nitrogens is 1. The lowest BCUT2D eigenvalue weighted by molar-refractivity contribution is 0.0952. The topological polar surface area (TPSA) is 62.0 Å². The maximum absolute atomic E-state index is 12.0. The monoisotopic (exact) mass is 228 g/mol. The van der Waals surface area contributed by atoms with Crippen molar-refractivity contribution in [1.29, 1.82) is 0 Å². The first kappa shape index (κ1) is 10.1. The van der Waals surface area contributed by atoms with E-state index in [9.17, 15) is 9.59 Å². The van der Waals surface area contributed by atoms with Crippen molar-refractivity contribution >= 4 is 16.7 Å². The van der Waals surface area contributed by atoms with Crippen LogP contribution in [-0.4, -0.2) is 16.9 Å². The van der Waals surface area contributed by atoms with Gasteiger partial charge in [-0.2, -0.15) is 0 Å². The standard InChI is InChI=1S/C13H12N2O2/c16-12-10-4-2-1-3-9(10)11(7-14-12)13(17)15-8-5-6-8/h1-4,7-8H,5-6H2,(H,14,16)(H,15,17). The number of pyridine rings is 1. The quantitative estimate of drug-likeness (QED) is 0.816. The molecular formula is C13H12N2O2. The molecule has 86 valence electrons. The average molecular weight is 228 g/mol. The van der Waals surface area contributed by atoms with Gasteiger partial charge in [0.1, 0.15) is 0 Å². The number of rotatable bonds is 2. The fraction of sp³-hybridized carbons (Fsp3) is 0.231. The van der Waals surface area contributed by atoms with Gasteiger partial charge >= 0.3 is 0 Å². The number of H-pyrrole nitrogens is 1. The molecule has 0 atom stereocenters. The number of hydrogen-bond donors (Lipinski definition) is 2. The van der Waals surface area contributed by atoms with Gasteiger partial charge in [-0.3, -0.25) is 9.59 Å². The maximum Gasteiger partial charge on any atom is 0.255 e. The van der Waals surface area contributed by atoms with Gasteiger partial charge < -0.3 is 10.3 Å². The summed E-state index contributed by atoms with van der Waals surface area (Å²) in [5.74, 6) is -0.111. The van der Waals surface area contributed by atoms with Crippen molar-refractivity contribution in [3.05, 3.63) is 46.4 Å². The Morgan fingerprint density at radius 2 is 1.94 bits per heavy atom. The van der Waals surface area contributed by atoms with E-state index < -0.39 is 0 Å². The van der Waals surface area contributed by atoms with Gasteiger partial charge in [0.2, 0.25) is 0 Å². The van der Waals surface area contributed by atoms with Gasteiger partial charge in [-0.05, 0) is 18.9 Å². The molecule has 1 aromatic heterocycles. The lowest BCUT2D eigenvalue weighted by Crippen LogP contribution is -2.26. The van der Waals surface area contributed by atoms with E-state index in [4.69, 9.17) is 0 Å². The van der Waals surface area contributed by atoms with E-state index in [1.165, 1.54) is 6.20 Å². The molecule has 0 radical (unpaired) electrons. The Bertz CT molecular complexity index is 641. The first-order chi connectivity index (χ1) is 8.25. The Kier molecular flexibility index (Phi) is 2.21. The smallest absolute Gasteiger partial charge is 0.255 e. The third-order valence-corrected chi connectivity index (χ3v) is 2.97. The normalized spacial score (nSPS) is 14.8. The molecule has 1 aliphatic carbocycles. The Morgan fingerprint density at radius 3 is 2.65 bits per heavy atom. The molecule has 1 amide bonds. The molecule has 4 heteroatoms. The van der Waals surface area contributed by atoms with Gasteiger partial charge in [0.25, 0.3) is 11.5 Å². The summed E-state index contributed by atoms with van der Waals surface area (Å²) in [6, 6.07) is 7.46. The summed E-state index contributed by atoms with van der Waals surface area (Å²) in [6.45, 7) is 0. The fourth-order valence-corrected chi connectivity index (χ4v) is 1.89. The molecule has 0 saturated heterocycles. The SMILES string of the molecule is O=C(NC1CC1)c1c[nH]c(=O)c2ccccc12. The van der Waals surface area contributed by atoms with E-state index >= 15 is 0 Å². The summed E-state index contributed by atoms with van der Waals surface area (Å²) in [7, 11) is 0. The largest absolute Gasteiger partial charge is 0.349 e. The summed E-state index contributed by atoms with van der Waals surface area (Å²) in [6.07, 6.45) is 3.59. The summed E-state index contributed by atoms with van der Waals surface area (Å²) in [5, 5.41) is 4.18. The second-order valence-corrected chi connectivity index (χ2v) is 4.32. The van der Waals surface area contributed by atoms with Crippen LogP contribution in [0.5, 0.6) is 0 Å². The van der Waals surface area contributed by atoms with Crippen LogP contribution in [0.4, 0.5) is 0 Å². The van der Waals surface area contributed by atoms with Crippen LogP contribution in [-0.2, 0) is 0 Å². The number of fused-ring (bicyclic) bond motifs is 1. The first-order valence-corrected chi connectivity index (χ1v) is 5.67. The highest BCUT2D eigenvalue weighted by Crippen LogP contribution is 2.20. The van der Waals surface area contributed by atoms with Crippen LogP contribution in [0, 0.1) is 0 Å². The molecule has 0 spiro atoms. The second-order valence-electron chi connectivity index (χ2n) is 4.32. The van der Waals surface area contributed by atoms with Crippen LogP contribution in [0.25, 0.3) is 10.8 Å². The van der Waals surface area contributed by atoms with Crippen LogP contribution in [0.2, 0.25) is 0 Å². The highest BCUT2D eigenvalue weighted by Gasteiger charge is 2.24. The molecule has 1 fully saturated rings. The van der Waals surface area contributed by atoms with Gasteiger partial charge in [-0.1, -0.05) is 18.2 Å². The molecule has 1 heterocycles. The minimum absolute atomic E-state index is 0.111. The molecule has 17 heavy (non-hydrogen) atoms. The highest BCUT2D eigenvalue weighted by molar-refractivity contribution is 6.06. The molecule has 0 bridgehead atoms. The predicted molar refractivity (Wildman–Crippen MR) is 65.1 cm³/mol. The molecule has 1 aromatic carbocycles. The molecule has 0 unspecified atom stereocenters. The molecular weight excluding hydrogens is 216 g/mol. The summed E-state index contributed by atoms with van der Waals surface area (Å²) < 4.78 is 0. The second kappa shape index (κ2) is 3.73. The number of amides is 1. The minimum atomic E-state index is -0.163. The van der Waals surface area contributed by atoms with Crippen molar-refractivity contribution in [3.8, 4) is 0 Å². The van der Waals surface area contributed by atoms with E-state index in [1.54, 1.807) is 18.2 Å². The number of benzene rings is 1. The summed E-state index contributed by atoms with van der Waals surface area (Å²) >= 11 is 0. The fourth-order valence-electron chi connectivity index (χ4n) is 1.89. The lowest BCUT2D eigenvalue weighted by atomic mass is 10.1. The zero-order valence-corrected chi connectivity index (χ0v) is 9.19. The summed E-state index contributed by atoms with van der Waals surface area (Å²) in [5.41, 5.74) is 0.371. The molecule has 1 saturated carbocycles. The van der Waals surface area contributed by atoms with E-state index in [0.29, 0.717) is 22.4 Å².